The van der Waals surface area contributed by atoms with Crippen LogP contribution in [0.25, 0.3) is 22.0 Å². The minimum atomic E-state index is 0.610. The van der Waals surface area contributed by atoms with Crippen molar-refractivity contribution in [3.8, 4) is 11.1 Å². The molecule has 0 atom stereocenters. The van der Waals surface area contributed by atoms with E-state index in [9.17, 15) is 0 Å². The first-order chi connectivity index (χ1) is 8.75. The molecule has 0 amide bonds. The van der Waals surface area contributed by atoms with Gasteiger partial charge in [-0.05, 0) is 42.3 Å². The Morgan fingerprint density at radius 3 is 2.83 bits per heavy atom. The summed E-state index contributed by atoms with van der Waals surface area (Å²) in [5.74, 6) is 0. The molecular weight excluding hydrogens is 246 g/mol. The zero-order chi connectivity index (χ0) is 12.5. The van der Waals surface area contributed by atoms with Crippen LogP contribution in [0.4, 0.5) is 0 Å². The first-order valence-electron chi connectivity index (χ1n) is 5.57. The molecule has 0 saturated carbocycles. The summed E-state index contributed by atoms with van der Waals surface area (Å²) in [6.07, 6.45) is 5.30. The summed E-state index contributed by atoms with van der Waals surface area (Å²) in [6.45, 7) is 2.06. The molecule has 0 aliphatic heterocycles. The Kier molecular flexibility index (Phi) is 2.68. The number of rotatable bonds is 1. The molecule has 4 heteroatoms. The van der Waals surface area contributed by atoms with Gasteiger partial charge in [0.05, 0.1) is 11.2 Å². The Labute approximate surface area is 109 Å². The van der Waals surface area contributed by atoms with Gasteiger partial charge in [0, 0.05) is 23.3 Å². The largest absolute Gasteiger partial charge is 0.264 e. The molecule has 0 aliphatic carbocycles. The second-order valence-electron chi connectivity index (χ2n) is 4.12. The standard InChI is InChI=1S/C14H10ClN3/c1-9-2-4-16-8-12(9)11-6-10-3-5-17-18-14(10)13(15)7-11/h2-8H,1H3. The average Bonchev–Trinajstić information content (AvgIpc) is 2.39. The Morgan fingerprint density at radius 1 is 1.11 bits per heavy atom. The number of fused-ring (bicyclic) bond motifs is 1. The van der Waals surface area contributed by atoms with Crippen LogP contribution in [0.5, 0.6) is 0 Å². The van der Waals surface area contributed by atoms with E-state index in [2.05, 4.69) is 28.2 Å². The third kappa shape index (κ3) is 1.83. The molecule has 0 fully saturated rings. The number of pyridine rings is 1. The summed E-state index contributed by atoms with van der Waals surface area (Å²) in [6, 6.07) is 7.85. The normalized spacial score (nSPS) is 10.8. The number of aromatic nitrogens is 3. The van der Waals surface area contributed by atoms with Crippen molar-refractivity contribution in [2.75, 3.05) is 0 Å². The van der Waals surface area contributed by atoms with Crippen LogP contribution in [0.2, 0.25) is 5.02 Å². The molecule has 3 nitrogen and oxygen atoms in total. The fourth-order valence-corrected chi connectivity index (χ4v) is 2.24. The van der Waals surface area contributed by atoms with Gasteiger partial charge >= 0.3 is 0 Å². The first kappa shape index (κ1) is 11.1. The lowest BCUT2D eigenvalue weighted by molar-refractivity contribution is 1.08. The molecule has 0 unspecified atom stereocenters. The van der Waals surface area contributed by atoms with E-state index in [0.717, 1.165) is 22.0 Å². The second-order valence-corrected chi connectivity index (χ2v) is 4.52. The Balaban J connectivity index is 2.28. The van der Waals surface area contributed by atoms with Crippen molar-refractivity contribution >= 4 is 22.5 Å². The monoisotopic (exact) mass is 255 g/mol. The molecule has 0 saturated heterocycles. The Hall–Kier alpha value is -2.00. The minimum Gasteiger partial charge on any atom is -0.264 e. The topological polar surface area (TPSA) is 38.7 Å². The summed E-state index contributed by atoms with van der Waals surface area (Å²) in [5, 5.41) is 9.48. The van der Waals surface area contributed by atoms with Crippen molar-refractivity contribution < 1.29 is 0 Å². The minimum absolute atomic E-state index is 0.610. The van der Waals surface area contributed by atoms with Gasteiger partial charge in [0.2, 0.25) is 0 Å². The maximum absolute atomic E-state index is 6.24. The van der Waals surface area contributed by atoms with Gasteiger partial charge in [-0.3, -0.25) is 4.98 Å². The molecule has 18 heavy (non-hydrogen) atoms. The maximum atomic E-state index is 6.24. The van der Waals surface area contributed by atoms with E-state index in [1.165, 1.54) is 5.56 Å². The smallest absolute Gasteiger partial charge is 0.112 e. The van der Waals surface area contributed by atoms with Gasteiger partial charge in [-0.1, -0.05) is 11.6 Å². The Morgan fingerprint density at radius 2 is 2.00 bits per heavy atom. The van der Waals surface area contributed by atoms with Crippen LogP contribution in [0, 0.1) is 6.92 Å². The van der Waals surface area contributed by atoms with Crippen molar-refractivity contribution in [3.63, 3.8) is 0 Å². The molecule has 3 rings (SSSR count). The summed E-state index contributed by atoms with van der Waals surface area (Å²) in [7, 11) is 0. The lowest BCUT2D eigenvalue weighted by Gasteiger charge is -2.07. The van der Waals surface area contributed by atoms with Gasteiger partial charge in [-0.25, -0.2) is 0 Å². The van der Waals surface area contributed by atoms with E-state index >= 15 is 0 Å². The molecule has 0 bridgehead atoms. The molecule has 3 aromatic rings. The molecule has 0 spiro atoms. The molecule has 2 aromatic heterocycles. The third-order valence-corrected chi connectivity index (χ3v) is 3.21. The summed E-state index contributed by atoms with van der Waals surface area (Å²) < 4.78 is 0. The van der Waals surface area contributed by atoms with E-state index in [-0.39, 0.29) is 0 Å². The second kappa shape index (κ2) is 4.35. The van der Waals surface area contributed by atoms with Crippen LogP contribution in [0.3, 0.4) is 0 Å². The average molecular weight is 256 g/mol. The molecule has 0 aliphatic rings. The predicted molar refractivity (Wildman–Crippen MR) is 72.5 cm³/mol. The summed E-state index contributed by atoms with van der Waals surface area (Å²) in [5.41, 5.74) is 4.02. The van der Waals surface area contributed by atoms with Gasteiger partial charge in [-0.2, -0.15) is 5.10 Å². The number of hydrogen-bond acceptors (Lipinski definition) is 3. The SMILES string of the molecule is Cc1ccncc1-c1cc(Cl)c2nnccc2c1. The highest BCUT2D eigenvalue weighted by molar-refractivity contribution is 6.35. The van der Waals surface area contributed by atoms with Crippen LogP contribution < -0.4 is 0 Å². The zero-order valence-corrected chi connectivity index (χ0v) is 10.5. The van der Waals surface area contributed by atoms with Gasteiger partial charge < -0.3 is 0 Å². The van der Waals surface area contributed by atoms with Crippen molar-refractivity contribution in [3.05, 3.63) is 53.4 Å². The fourth-order valence-electron chi connectivity index (χ4n) is 1.98. The number of aryl methyl sites for hydroxylation is 1. The van der Waals surface area contributed by atoms with Crippen LogP contribution in [0.1, 0.15) is 5.56 Å². The number of benzene rings is 1. The number of nitrogens with zero attached hydrogens (tertiary/aromatic N) is 3. The van der Waals surface area contributed by atoms with Crippen molar-refractivity contribution in [2.45, 2.75) is 6.92 Å². The lowest BCUT2D eigenvalue weighted by Crippen LogP contribution is -1.88. The molecule has 0 radical (unpaired) electrons. The quantitative estimate of drug-likeness (QED) is 0.666. The van der Waals surface area contributed by atoms with Gasteiger partial charge in [0.25, 0.3) is 0 Å². The summed E-state index contributed by atoms with van der Waals surface area (Å²) >= 11 is 6.24. The van der Waals surface area contributed by atoms with E-state index in [4.69, 9.17) is 11.6 Å². The third-order valence-electron chi connectivity index (χ3n) is 2.92. The highest BCUT2D eigenvalue weighted by atomic mass is 35.5. The van der Waals surface area contributed by atoms with Crippen LogP contribution >= 0.6 is 11.6 Å². The van der Waals surface area contributed by atoms with Gasteiger partial charge in [-0.15, -0.1) is 5.10 Å². The van der Waals surface area contributed by atoms with Crippen LogP contribution in [0.15, 0.2) is 42.9 Å². The molecule has 1 aromatic carbocycles. The van der Waals surface area contributed by atoms with E-state index in [1.54, 1.807) is 12.4 Å². The van der Waals surface area contributed by atoms with Gasteiger partial charge in [0.1, 0.15) is 5.52 Å². The van der Waals surface area contributed by atoms with Crippen LogP contribution in [-0.4, -0.2) is 15.2 Å². The Bertz CT molecular complexity index is 725. The number of halogens is 1. The van der Waals surface area contributed by atoms with Crippen LogP contribution in [-0.2, 0) is 0 Å². The van der Waals surface area contributed by atoms with E-state index in [1.807, 2.05) is 24.4 Å². The summed E-state index contributed by atoms with van der Waals surface area (Å²) in [4.78, 5) is 4.16. The number of hydrogen-bond donors (Lipinski definition) is 0. The molecule has 88 valence electrons. The highest BCUT2D eigenvalue weighted by Gasteiger charge is 2.07. The van der Waals surface area contributed by atoms with E-state index in [0.29, 0.717) is 5.02 Å². The maximum Gasteiger partial charge on any atom is 0.112 e. The lowest BCUT2D eigenvalue weighted by atomic mass is 10.0. The van der Waals surface area contributed by atoms with E-state index < -0.39 is 0 Å². The van der Waals surface area contributed by atoms with Gasteiger partial charge in [0.15, 0.2) is 0 Å². The molecule has 0 N–H and O–H groups in total. The van der Waals surface area contributed by atoms with Crippen molar-refractivity contribution in [1.29, 1.82) is 0 Å². The molecular formula is C14H10ClN3. The highest BCUT2D eigenvalue weighted by Crippen LogP contribution is 2.30. The van der Waals surface area contributed by atoms with Crippen molar-refractivity contribution in [2.24, 2.45) is 0 Å². The predicted octanol–water partition coefficient (Wildman–Crippen LogP) is 3.65. The first-order valence-corrected chi connectivity index (χ1v) is 5.95. The van der Waals surface area contributed by atoms with Crippen molar-refractivity contribution in [1.82, 2.24) is 15.2 Å². The fraction of sp³-hybridized carbons (Fsp3) is 0.0714. The zero-order valence-electron chi connectivity index (χ0n) is 9.76. The molecule has 2 heterocycles.